The quantitative estimate of drug-likeness (QED) is 0.819. The summed E-state index contributed by atoms with van der Waals surface area (Å²) >= 11 is 12.0. The second-order valence-electron chi connectivity index (χ2n) is 3.98. The lowest BCUT2D eigenvalue weighted by Crippen LogP contribution is -2.27. The van der Waals surface area contributed by atoms with Gasteiger partial charge in [-0.1, -0.05) is 29.3 Å². The van der Waals surface area contributed by atoms with E-state index in [1.54, 1.807) is 7.05 Å². The summed E-state index contributed by atoms with van der Waals surface area (Å²) in [7, 11) is -0.421. The summed E-state index contributed by atoms with van der Waals surface area (Å²) in [6.07, 6.45) is 1.51. The van der Waals surface area contributed by atoms with Crippen molar-refractivity contribution in [2.75, 3.05) is 20.6 Å². The molecule has 0 aliphatic carbocycles. The van der Waals surface area contributed by atoms with Gasteiger partial charge in [0.25, 0.3) is 0 Å². The van der Waals surface area contributed by atoms with Gasteiger partial charge in [0.2, 0.25) is 10.0 Å². The maximum Gasteiger partial charge on any atom is 0.244 e. The molecule has 0 unspecified atom stereocenters. The Balaban J connectivity index is 3.33. The summed E-state index contributed by atoms with van der Waals surface area (Å²) in [6.45, 7) is 4.19. The standard InChI is InChI=1S/C12H16Cl2N2O2S/c1-4-5-16(3)19(17,18)12-6-9(8-15-2)10(13)7-11(12)14/h4,6-7,15H,1,5,8H2,2-3H3. The van der Waals surface area contributed by atoms with Crippen LogP contribution in [0.5, 0.6) is 0 Å². The molecule has 106 valence electrons. The molecular formula is C12H16Cl2N2O2S. The molecule has 0 radical (unpaired) electrons. The minimum Gasteiger partial charge on any atom is -0.316 e. The van der Waals surface area contributed by atoms with Crippen LogP contribution in [0.4, 0.5) is 0 Å². The Hall–Kier alpha value is -0.590. The van der Waals surface area contributed by atoms with Crippen LogP contribution < -0.4 is 5.32 Å². The van der Waals surface area contributed by atoms with Crippen molar-refractivity contribution in [1.82, 2.24) is 9.62 Å². The molecule has 0 atom stereocenters. The Morgan fingerprint density at radius 1 is 1.37 bits per heavy atom. The summed E-state index contributed by atoms with van der Waals surface area (Å²) in [5, 5.41) is 3.47. The predicted molar refractivity (Wildman–Crippen MR) is 79.2 cm³/mol. The van der Waals surface area contributed by atoms with Crippen LogP contribution in [-0.4, -0.2) is 33.4 Å². The largest absolute Gasteiger partial charge is 0.316 e. The lowest BCUT2D eigenvalue weighted by atomic mass is 10.2. The molecule has 0 heterocycles. The van der Waals surface area contributed by atoms with E-state index < -0.39 is 10.0 Å². The van der Waals surface area contributed by atoms with E-state index in [0.717, 1.165) is 0 Å². The van der Waals surface area contributed by atoms with Gasteiger partial charge in [0.1, 0.15) is 4.90 Å². The zero-order valence-corrected chi connectivity index (χ0v) is 13.1. The van der Waals surface area contributed by atoms with E-state index in [0.29, 0.717) is 17.1 Å². The van der Waals surface area contributed by atoms with E-state index in [9.17, 15) is 8.42 Å². The highest BCUT2D eigenvalue weighted by Gasteiger charge is 2.24. The molecule has 1 aromatic carbocycles. The van der Waals surface area contributed by atoms with Crippen LogP contribution in [0.1, 0.15) is 5.56 Å². The Labute approximate surface area is 124 Å². The zero-order valence-electron chi connectivity index (χ0n) is 10.8. The Morgan fingerprint density at radius 2 is 2.00 bits per heavy atom. The summed E-state index contributed by atoms with van der Waals surface area (Å²) in [5.74, 6) is 0. The van der Waals surface area contributed by atoms with Crippen molar-refractivity contribution in [2.45, 2.75) is 11.4 Å². The van der Waals surface area contributed by atoms with Gasteiger partial charge >= 0.3 is 0 Å². The third-order valence-electron chi connectivity index (χ3n) is 2.54. The normalized spacial score (nSPS) is 11.8. The van der Waals surface area contributed by atoms with Gasteiger partial charge in [-0.15, -0.1) is 6.58 Å². The molecule has 0 saturated carbocycles. The van der Waals surface area contributed by atoms with Gasteiger partial charge < -0.3 is 5.32 Å². The first kappa shape index (κ1) is 16.5. The fraction of sp³-hybridized carbons (Fsp3) is 0.333. The average molecular weight is 323 g/mol. The van der Waals surface area contributed by atoms with Crippen LogP contribution in [0.25, 0.3) is 0 Å². The van der Waals surface area contributed by atoms with Gasteiger partial charge in [-0.05, 0) is 24.7 Å². The molecule has 0 bridgehead atoms. The number of nitrogens with one attached hydrogen (secondary N) is 1. The van der Waals surface area contributed by atoms with E-state index in [1.807, 2.05) is 0 Å². The van der Waals surface area contributed by atoms with Gasteiger partial charge in [-0.3, -0.25) is 0 Å². The number of benzene rings is 1. The van der Waals surface area contributed by atoms with Gasteiger partial charge in [0.15, 0.2) is 0 Å². The number of sulfonamides is 1. The summed E-state index contributed by atoms with van der Waals surface area (Å²) in [6, 6.07) is 2.94. The van der Waals surface area contributed by atoms with E-state index >= 15 is 0 Å². The van der Waals surface area contributed by atoms with Crippen LogP contribution in [-0.2, 0) is 16.6 Å². The monoisotopic (exact) mass is 322 g/mol. The van der Waals surface area contributed by atoms with Crippen molar-refractivity contribution >= 4 is 33.2 Å². The van der Waals surface area contributed by atoms with E-state index in [2.05, 4.69) is 11.9 Å². The first-order chi connectivity index (χ1) is 8.84. The molecule has 0 saturated heterocycles. The predicted octanol–water partition coefficient (Wildman–Crippen LogP) is 2.52. The Morgan fingerprint density at radius 3 is 2.53 bits per heavy atom. The van der Waals surface area contributed by atoms with Gasteiger partial charge in [0, 0.05) is 25.2 Å². The molecule has 0 aliphatic heterocycles. The number of rotatable bonds is 6. The van der Waals surface area contributed by atoms with Crippen LogP contribution >= 0.6 is 23.2 Å². The molecule has 0 fully saturated rings. The lowest BCUT2D eigenvalue weighted by Gasteiger charge is -2.17. The molecule has 19 heavy (non-hydrogen) atoms. The van der Waals surface area contributed by atoms with Crippen molar-refractivity contribution in [3.8, 4) is 0 Å². The van der Waals surface area contributed by atoms with Crippen LogP contribution in [0.2, 0.25) is 10.0 Å². The minimum atomic E-state index is -3.65. The molecule has 0 amide bonds. The van der Waals surface area contributed by atoms with E-state index in [4.69, 9.17) is 23.2 Å². The summed E-state index contributed by atoms with van der Waals surface area (Å²) in [4.78, 5) is 0.0492. The molecular weight excluding hydrogens is 307 g/mol. The number of hydrogen-bond donors (Lipinski definition) is 1. The highest BCUT2D eigenvalue weighted by molar-refractivity contribution is 7.89. The van der Waals surface area contributed by atoms with Gasteiger partial charge in [-0.25, -0.2) is 8.42 Å². The third-order valence-corrected chi connectivity index (χ3v) is 5.18. The fourth-order valence-corrected chi connectivity index (χ4v) is 3.52. The van der Waals surface area contributed by atoms with E-state index in [1.165, 1.54) is 29.6 Å². The van der Waals surface area contributed by atoms with Crippen molar-refractivity contribution in [3.05, 3.63) is 40.4 Å². The van der Waals surface area contributed by atoms with Gasteiger partial charge in [-0.2, -0.15) is 4.31 Å². The second-order valence-corrected chi connectivity index (χ2v) is 6.81. The molecule has 1 aromatic rings. The van der Waals surface area contributed by atoms with Gasteiger partial charge in [0.05, 0.1) is 5.02 Å². The summed E-state index contributed by atoms with van der Waals surface area (Å²) < 4.78 is 25.9. The molecule has 0 aliphatic rings. The number of nitrogens with zero attached hydrogens (tertiary/aromatic N) is 1. The SMILES string of the molecule is C=CCN(C)S(=O)(=O)c1cc(CNC)c(Cl)cc1Cl. The van der Waals surface area contributed by atoms with Crippen molar-refractivity contribution in [3.63, 3.8) is 0 Å². The van der Waals surface area contributed by atoms with Crippen molar-refractivity contribution in [1.29, 1.82) is 0 Å². The Kier molecular flexibility index (Phi) is 5.82. The first-order valence-corrected chi connectivity index (χ1v) is 7.74. The second kappa shape index (κ2) is 6.72. The number of hydrogen-bond acceptors (Lipinski definition) is 3. The maximum atomic E-state index is 12.3. The minimum absolute atomic E-state index is 0.0492. The maximum absolute atomic E-state index is 12.3. The first-order valence-electron chi connectivity index (χ1n) is 5.54. The number of likely N-dealkylation sites (N-methyl/N-ethyl adjacent to an activating group) is 1. The molecule has 1 N–H and O–H groups in total. The topological polar surface area (TPSA) is 49.4 Å². The lowest BCUT2D eigenvalue weighted by molar-refractivity contribution is 0.499. The van der Waals surface area contributed by atoms with E-state index in [-0.39, 0.29) is 16.5 Å². The molecule has 0 spiro atoms. The smallest absolute Gasteiger partial charge is 0.244 e. The number of halogens is 2. The molecule has 7 heteroatoms. The molecule has 0 aromatic heterocycles. The third kappa shape index (κ3) is 3.70. The average Bonchev–Trinajstić information content (AvgIpc) is 2.32. The molecule has 1 rings (SSSR count). The van der Waals surface area contributed by atoms with Crippen LogP contribution in [0, 0.1) is 0 Å². The van der Waals surface area contributed by atoms with Crippen LogP contribution in [0.15, 0.2) is 29.7 Å². The zero-order chi connectivity index (χ0) is 14.6. The highest BCUT2D eigenvalue weighted by Crippen LogP contribution is 2.30. The molecule has 4 nitrogen and oxygen atoms in total. The van der Waals surface area contributed by atoms with Crippen molar-refractivity contribution in [2.24, 2.45) is 0 Å². The summed E-state index contributed by atoms with van der Waals surface area (Å²) in [5.41, 5.74) is 0.680. The highest BCUT2D eigenvalue weighted by atomic mass is 35.5. The Bertz CT molecular complexity index is 573. The fourth-order valence-electron chi connectivity index (χ4n) is 1.54. The van der Waals surface area contributed by atoms with Crippen molar-refractivity contribution < 1.29 is 8.42 Å². The van der Waals surface area contributed by atoms with Crippen LogP contribution in [0.3, 0.4) is 0 Å².